The molecule has 0 saturated carbocycles. The van der Waals surface area contributed by atoms with Crippen molar-refractivity contribution in [2.24, 2.45) is 7.05 Å². The van der Waals surface area contributed by atoms with Crippen LogP contribution in [0.25, 0.3) is 0 Å². The molecular formula is C15H22ClN5O2. The van der Waals surface area contributed by atoms with Crippen molar-refractivity contribution in [3.8, 4) is 0 Å². The number of likely N-dealkylation sites (tertiary alicyclic amines) is 1. The number of hydrogen-bond acceptors (Lipinski definition) is 6. The number of aromatic nitrogens is 4. The van der Waals surface area contributed by atoms with Crippen LogP contribution in [-0.4, -0.2) is 45.1 Å². The Bertz CT molecular complexity index is 669. The molecule has 7 nitrogen and oxygen atoms in total. The molecule has 2 aromatic rings. The second kappa shape index (κ2) is 6.98. The number of hydrogen-bond donors (Lipinski definition) is 0. The van der Waals surface area contributed by atoms with Gasteiger partial charge in [-0.25, -0.2) is 0 Å². The Morgan fingerprint density at radius 1 is 1.43 bits per heavy atom. The van der Waals surface area contributed by atoms with Gasteiger partial charge in [0.1, 0.15) is 5.15 Å². The van der Waals surface area contributed by atoms with Crippen LogP contribution in [-0.2, 0) is 24.8 Å². The van der Waals surface area contributed by atoms with Gasteiger partial charge in [-0.15, -0.1) is 0 Å². The molecule has 3 heterocycles. The first-order chi connectivity index (χ1) is 11.1. The summed E-state index contributed by atoms with van der Waals surface area (Å²) in [4.78, 5) is 6.77. The van der Waals surface area contributed by atoms with Crippen LogP contribution in [0.2, 0.25) is 5.15 Å². The minimum Gasteiger partial charge on any atom is -0.384 e. The van der Waals surface area contributed by atoms with Crippen molar-refractivity contribution in [2.75, 3.05) is 20.3 Å². The molecule has 8 heteroatoms. The molecule has 0 N–H and O–H groups in total. The fourth-order valence-electron chi connectivity index (χ4n) is 3.19. The van der Waals surface area contributed by atoms with E-state index in [0.29, 0.717) is 36.4 Å². The van der Waals surface area contributed by atoms with Crippen LogP contribution in [0.4, 0.5) is 0 Å². The van der Waals surface area contributed by atoms with Gasteiger partial charge in [0.05, 0.1) is 18.8 Å². The highest BCUT2D eigenvalue weighted by Crippen LogP contribution is 2.38. The Balaban J connectivity index is 1.73. The van der Waals surface area contributed by atoms with Gasteiger partial charge in [-0.1, -0.05) is 16.8 Å². The standard InChI is InChI=1S/C15H22ClN5O2/c1-10-14(15(16)20(2)18-10)11-5-4-7-21(11)9-13-17-12(19-23-13)6-8-22-3/h11H,4-9H2,1-3H3/t11-/m1/s1. The van der Waals surface area contributed by atoms with Gasteiger partial charge in [-0.2, -0.15) is 10.1 Å². The largest absolute Gasteiger partial charge is 0.384 e. The molecule has 0 spiro atoms. The summed E-state index contributed by atoms with van der Waals surface area (Å²) in [5.41, 5.74) is 2.10. The van der Waals surface area contributed by atoms with E-state index in [1.54, 1.807) is 11.8 Å². The predicted octanol–water partition coefficient (Wildman–Crippen LogP) is 2.29. The number of ether oxygens (including phenoxy) is 1. The Kier molecular flexibility index (Phi) is 4.99. The Morgan fingerprint density at radius 2 is 2.26 bits per heavy atom. The Labute approximate surface area is 140 Å². The van der Waals surface area contributed by atoms with Crippen LogP contribution < -0.4 is 0 Å². The van der Waals surface area contributed by atoms with Crippen molar-refractivity contribution in [3.63, 3.8) is 0 Å². The maximum Gasteiger partial charge on any atom is 0.240 e. The minimum absolute atomic E-state index is 0.255. The highest BCUT2D eigenvalue weighted by molar-refractivity contribution is 6.30. The average Bonchev–Trinajstić information content (AvgIpc) is 3.20. The van der Waals surface area contributed by atoms with E-state index in [9.17, 15) is 0 Å². The molecule has 2 aromatic heterocycles. The molecule has 0 aromatic carbocycles. The molecule has 0 amide bonds. The van der Waals surface area contributed by atoms with E-state index in [4.69, 9.17) is 20.9 Å². The smallest absolute Gasteiger partial charge is 0.240 e. The molecular weight excluding hydrogens is 318 g/mol. The van der Waals surface area contributed by atoms with Crippen LogP contribution in [0.3, 0.4) is 0 Å². The number of nitrogens with zero attached hydrogens (tertiary/aromatic N) is 5. The summed E-state index contributed by atoms with van der Waals surface area (Å²) in [6.07, 6.45) is 2.86. The lowest BCUT2D eigenvalue weighted by Crippen LogP contribution is -2.23. The van der Waals surface area contributed by atoms with Gasteiger partial charge in [-0.05, 0) is 26.3 Å². The van der Waals surface area contributed by atoms with E-state index in [-0.39, 0.29) is 6.04 Å². The summed E-state index contributed by atoms with van der Waals surface area (Å²) >= 11 is 6.43. The Hall–Kier alpha value is -1.44. The molecule has 126 valence electrons. The van der Waals surface area contributed by atoms with E-state index in [1.165, 1.54) is 0 Å². The van der Waals surface area contributed by atoms with Gasteiger partial charge >= 0.3 is 0 Å². The summed E-state index contributed by atoms with van der Waals surface area (Å²) in [6.45, 7) is 4.23. The highest BCUT2D eigenvalue weighted by Gasteiger charge is 2.32. The maximum absolute atomic E-state index is 6.43. The van der Waals surface area contributed by atoms with Crippen molar-refractivity contribution in [1.29, 1.82) is 0 Å². The first-order valence-electron chi connectivity index (χ1n) is 7.83. The first-order valence-corrected chi connectivity index (χ1v) is 8.21. The molecule has 0 aliphatic carbocycles. The monoisotopic (exact) mass is 339 g/mol. The van der Waals surface area contributed by atoms with Crippen molar-refractivity contribution in [2.45, 2.75) is 38.8 Å². The van der Waals surface area contributed by atoms with E-state index in [1.807, 2.05) is 14.0 Å². The zero-order valence-corrected chi connectivity index (χ0v) is 14.5. The van der Waals surface area contributed by atoms with Gasteiger partial charge in [0.2, 0.25) is 5.89 Å². The number of methoxy groups -OCH3 is 1. The van der Waals surface area contributed by atoms with Gasteiger partial charge in [0, 0.05) is 32.2 Å². The molecule has 1 atom stereocenters. The number of rotatable bonds is 6. The average molecular weight is 340 g/mol. The van der Waals surface area contributed by atoms with Gasteiger partial charge in [0.25, 0.3) is 0 Å². The quantitative estimate of drug-likeness (QED) is 0.804. The van der Waals surface area contributed by atoms with Crippen LogP contribution >= 0.6 is 11.6 Å². The predicted molar refractivity (Wildman–Crippen MR) is 85.2 cm³/mol. The molecule has 1 saturated heterocycles. The third-order valence-corrected chi connectivity index (χ3v) is 4.72. The van der Waals surface area contributed by atoms with Crippen molar-refractivity contribution < 1.29 is 9.26 Å². The summed E-state index contributed by atoms with van der Waals surface area (Å²) in [5, 5.41) is 9.14. The van der Waals surface area contributed by atoms with Crippen LogP contribution in [0.1, 0.15) is 41.9 Å². The minimum atomic E-state index is 0.255. The molecule has 1 fully saturated rings. The van der Waals surface area contributed by atoms with Crippen LogP contribution in [0.5, 0.6) is 0 Å². The molecule has 23 heavy (non-hydrogen) atoms. The second-order valence-corrected chi connectivity index (χ2v) is 6.25. The Morgan fingerprint density at radius 3 is 2.96 bits per heavy atom. The van der Waals surface area contributed by atoms with E-state index < -0.39 is 0 Å². The summed E-state index contributed by atoms with van der Waals surface area (Å²) < 4.78 is 12.1. The molecule has 0 unspecified atom stereocenters. The lowest BCUT2D eigenvalue weighted by atomic mass is 10.1. The topological polar surface area (TPSA) is 69.2 Å². The van der Waals surface area contributed by atoms with Gasteiger partial charge < -0.3 is 9.26 Å². The number of halogens is 1. The molecule has 0 radical (unpaired) electrons. The van der Waals surface area contributed by atoms with Crippen molar-refractivity contribution >= 4 is 11.6 Å². The highest BCUT2D eigenvalue weighted by atomic mass is 35.5. The fraction of sp³-hybridized carbons (Fsp3) is 0.667. The van der Waals surface area contributed by atoms with Crippen molar-refractivity contribution in [1.82, 2.24) is 24.8 Å². The lowest BCUT2D eigenvalue weighted by Gasteiger charge is -2.22. The first kappa shape index (κ1) is 16.4. The van der Waals surface area contributed by atoms with E-state index in [0.717, 1.165) is 30.6 Å². The lowest BCUT2D eigenvalue weighted by molar-refractivity contribution is 0.199. The second-order valence-electron chi connectivity index (χ2n) is 5.89. The van der Waals surface area contributed by atoms with Crippen molar-refractivity contribution in [3.05, 3.63) is 28.1 Å². The summed E-state index contributed by atoms with van der Waals surface area (Å²) in [6, 6.07) is 0.255. The van der Waals surface area contributed by atoms with Gasteiger partial charge in [-0.3, -0.25) is 9.58 Å². The van der Waals surface area contributed by atoms with Gasteiger partial charge in [0.15, 0.2) is 5.82 Å². The maximum atomic E-state index is 6.43. The number of aryl methyl sites for hydroxylation is 2. The zero-order valence-electron chi connectivity index (χ0n) is 13.8. The molecule has 0 bridgehead atoms. The summed E-state index contributed by atoms with van der Waals surface area (Å²) in [5.74, 6) is 1.33. The van der Waals surface area contributed by atoms with E-state index >= 15 is 0 Å². The SMILES string of the molecule is COCCc1noc(CN2CCC[C@@H]2c2c(C)nn(C)c2Cl)n1. The molecule has 1 aliphatic rings. The fourth-order valence-corrected chi connectivity index (χ4v) is 3.49. The third-order valence-electron chi connectivity index (χ3n) is 4.27. The molecule has 1 aliphatic heterocycles. The van der Waals surface area contributed by atoms with E-state index in [2.05, 4.69) is 20.1 Å². The zero-order chi connectivity index (χ0) is 16.4. The van der Waals surface area contributed by atoms with Crippen LogP contribution in [0, 0.1) is 6.92 Å². The third kappa shape index (κ3) is 3.41. The normalized spacial score (nSPS) is 18.9. The van der Waals surface area contributed by atoms with Crippen LogP contribution in [0.15, 0.2) is 4.52 Å². The summed E-state index contributed by atoms with van der Waals surface area (Å²) in [7, 11) is 3.54. The molecule has 3 rings (SSSR count).